The van der Waals surface area contributed by atoms with E-state index < -0.39 is 10.0 Å². The largest absolute Gasteiger partial charge is 0.315 e. The molecule has 0 spiro atoms. The molecule has 16 heavy (non-hydrogen) atoms. The standard InChI is InChI=1S/C11H24N2O2S/c1-3-4-6-10(2)13-16(14,15)11-7-5-8-12-9-11/h10-13H,3-9H2,1-2H3. The normalized spacial score (nSPS) is 24.2. The van der Waals surface area contributed by atoms with Gasteiger partial charge in [-0.1, -0.05) is 19.8 Å². The highest BCUT2D eigenvalue weighted by molar-refractivity contribution is 7.90. The van der Waals surface area contributed by atoms with Crippen molar-refractivity contribution in [2.45, 2.75) is 57.2 Å². The topological polar surface area (TPSA) is 58.2 Å². The second-order valence-electron chi connectivity index (χ2n) is 4.67. The summed E-state index contributed by atoms with van der Waals surface area (Å²) in [6.45, 7) is 5.60. The van der Waals surface area contributed by atoms with Gasteiger partial charge in [0.15, 0.2) is 0 Å². The van der Waals surface area contributed by atoms with Gasteiger partial charge in [0.05, 0.1) is 5.25 Å². The molecule has 0 aliphatic carbocycles. The smallest absolute Gasteiger partial charge is 0.215 e. The Morgan fingerprint density at radius 1 is 1.50 bits per heavy atom. The van der Waals surface area contributed by atoms with Crippen molar-refractivity contribution in [2.75, 3.05) is 13.1 Å². The van der Waals surface area contributed by atoms with E-state index in [4.69, 9.17) is 0 Å². The van der Waals surface area contributed by atoms with Gasteiger partial charge in [-0.2, -0.15) is 0 Å². The molecule has 0 aromatic rings. The van der Waals surface area contributed by atoms with Crippen LogP contribution in [0.2, 0.25) is 0 Å². The molecule has 0 saturated carbocycles. The Morgan fingerprint density at radius 2 is 2.25 bits per heavy atom. The third kappa shape index (κ3) is 4.39. The lowest BCUT2D eigenvalue weighted by molar-refractivity contribution is 0.477. The maximum absolute atomic E-state index is 12.0. The molecule has 4 nitrogen and oxygen atoms in total. The van der Waals surface area contributed by atoms with Crippen LogP contribution in [0, 0.1) is 0 Å². The summed E-state index contributed by atoms with van der Waals surface area (Å²) in [5.41, 5.74) is 0. The first-order chi connectivity index (χ1) is 7.56. The van der Waals surface area contributed by atoms with Gasteiger partial charge < -0.3 is 5.32 Å². The summed E-state index contributed by atoms with van der Waals surface area (Å²) in [5, 5.41) is 2.89. The van der Waals surface area contributed by atoms with Gasteiger partial charge in [0, 0.05) is 12.6 Å². The van der Waals surface area contributed by atoms with E-state index in [2.05, 4.69) is 17.0 Å². The quantitative estimate of drug-likeness (QED) is 0.743. The van der Waals surface area contributed by atoms with Crippen molar-refractivity contribution in [3.8, 4) is 0 Å². The molecule has 1 aliphatic heterocycles. The van der Waals surface area contributed by atoms with Crippen molar-refractivity contribution in [1.82, 2.24) is 10.0 Å². The summed E-state index contributed by atoms with van der Waals surface area (Å²) in [7, 11) is -3.13. The number of hydrogen-bond acceptors (Lipinski definition) is 3. The molecule has 2 unspecified atom stereocenters. The molecule has 0 radical (unpaired) electrons. The van der Waals surface area contributed by atoms with Crippen molar-refractivity contribution >= 4 is 10.0 Å². The number of piperidine rings is 1. The van der Waals surface area contributed by atoms with E-state index in [1.807, 2.05) is 6.92 Å². The maximum Gasteiger partial charge on any atom is 0.215 e. The van der Waals surface area contributed by atoms with E-state index in [1.165, 1.54) is 0 Å². The minimum Gasteiger partial charge on any atom is -0.315 e. The summed E-state index contributed by atoms with van der Waals surface area (Å²) in [6, 6.07) is 0.0619. The first-order valence-electron chi connectivity index (χ1n) is 6.28. The number of hydrogen-bond donors (Lipinski definition) is 2. The van der Waals surface area contributed by atoms with Crippen LogP contribution in [-0.4, -0.2) is 32.8 Å². The summed E-state index contributed by atoms with van der Waals surface area (Å²) in [5.74, 6) is 0. The van der Waals surface area contributed by atoms with Gasteiger partial charge in [-0.3, -0.25) is 0 Å². The molecule has 2 N–H and O–H groups in total. The molecule has 0 amide bonds. The summed E-state index contributed by atoms with van der Waals surface area (Å²) < 4.78 is 26.8. The van der Waals surface area contributed by atoms with E-state index in [0.717, 1.165) is 38.6 Å². The third-order valence-corrected chi connectivity index (χ3v) is 5.06. The molecule has 1 saturated heterocycles. The summed E-state index contributed by atoms with van der Waals surface area (Å²) in [4.78, 5) is 0. The molecule has 1 rings (SSSR count). The Kier molecular flexibility index (Phi) is 5.72. The Balaban J connectivity index is 2.43. The van der Waals surface area contributed by atoms with E-state index in [0.29, 0.717) is 6.54 Å². The predicted octanol–water partition coefficient (Wildman–Crippen LogP) is 1.24. The van der Waals surface area contributed by atoms with Crippen molar-refractivity contribution in [1.29, 1.82) is 0 Å². The zero-order valence-electron chi connectivity index (χ0n) is 10.3. The molecule has 5 heteroatoms. The van der Waals surface area contributed by atoms with Gasteiger partial charge in [-0.25, -0.2) is 13.1 Å². The zero-order valence-corrected chi connectivity index (χ0v) is 11.1. The first-order valence-corrected chi connectivity index (χ1v) is 7.82. The van der Waals surface area contributed by atoms with Crippen LogP contribution in [-0.2, 0) is 10.0 Å². The van der Waals surface area contributed by atoms with Crippen LogP contribution >= 0.6 is 0 Å². The highest BCUT2D eigenvalue weighted by Crippen LogP contribution is 2.12. The van der Waals surface area contributed by atoms with Crippen LogP contribution in [0.15, 0.2) is 0 Å². The maximum atomic E-state index is 12.0. The summed E-state index contributed by atoms with van der Waals surface area (Å²) in [6.07, 6.45) is 4.84. The lowest BCUT2D eigenvalue weighted by atomic mass is 10.2. The number of nitrogens with one attached hydrogen (secondary N) is 2. The highest BCUT2D eigenvalue weighted by atomic mass is 32.2. The third-order valence-electron chi connectivity index (χ3n) is 3.05. The monoisotopic (exact) mass is 248 g/mol. The first kappa shape index (κ1) is 13.9. The number of rotatable bonds is 6. The molecule has 0 aromatic carbocycles. The Hall–Kier alpha value is -0.130. The van der Waals surface area contributed by atoms with Gasteiger partial charge in [0.2, 0.25) is 10.0 Å². The Labute approximate surface area is 99.2 Å². The van der Waals surface area contributed by atoms with Gasteiger partial charge in [0.25, 0.3) is 0 Å². The van der Waals surface area contributed by atoms with Crippen molar-refractivity contribution in [3.63, 3.8) is 0 Å². The highest BCUT2D eigenvalue weighted by Gasteiger charge is 2.27. The Morgan fingerprint density at radius 3 is 2.81 bits per heavy atom. The average molecular weight is 248 g/mol. The fourth-order valence-electron chi connectivity index (χ4n) is 2.03. The minimum absolute atomic E-state index is 0.0619. The second-order valence-corrected chi connectivity index (χ2v) is 6.67. The van der Waals surface area contributed by atoms with Gasteiger partial charge >= 0.3 is 0 Å². The van der Waals surface area contributed by atoms with Crippen molar-refractivity contribution in [3.05, 3.63) is 0 Å². The van der Waals surface area contributed by atoms with Crippen LogP contribution in [0.5, 0.6) is 0 Å². The number of unbranched alkanes of at least 4 members (excludes halogenated alkanes) is 1. The predicted molar refractivity (Wildman–Crippen MR) is 66.9 cm³/mol. The number of sulfonamides is 1. The van der Waals surface area contributed by atoms with Crippen LogP contribution in [0.3, 0.4) is 0 Å². The molecule has 1 heterocycles. The van der Waals surface area contributed by atoms with E-state index in [1.54, 1.807) is 0 Å². The van der Waals surface area contributed by atoms with Crippen LogP contribution < -0.4 is 10.0 Å². The van der Waals surface area contributed by atoms with E-state index in [-0.39, 0.29) is 11.3 Å². The molecule has 0 bridgehead atoms. The fourth-order valence-corrected chi connectivity index (χ4v) is 3.72. The molecule has 96 valence electrons. The molecule has 2 atom stereocenters. The lowest BCUT2D eigenvalue weighted by Crippen LogP contribution is -2.46. The zero-order chi connectivity index (χ0) is 12.0. The molecular formula is C11H24N2O2S. The van der Waals surface area contributed by atoms with Gasteiger partial charge in [-0.15, -0.1) is 0 Å². The summed E-state index contributed by atoms with van der Waals surface area (Å²) >= 11 is 0. The SMILES string of the molecule is CCCCC(C)NS(=O)(=O)C1CCCNC1. The van der Waals surface area contributed by atoms with E-state index in [9.17, 15) is 8.42 Å². The van der Waals surface area contributed by atoms with Crippen LogP contribution in [0.1, 0.15) is 46.0 Å². The van der Waals surface area contributed by atoms with E-state index >= 15 is 0 Å². The fraction of sp³-hybridized carbons (Fsp3) is 1.00. The van der Waals surface area contributed by atoms with Crippen molar-refractivity contribution in [2.24, 2.45) is 0 Å². The molecular weight excluding hydrogens is 224 g/mol. The molecule has 1 aliphatic rings. The minimum atomic E-state index is -3.13. The van der Waals surface area contributed by atoms with Crippen molar-refractivity contribution < 1.29 is 8.42 Å². The molecule has 1 fully saturated rings. The Bertz CT molecular complexity index is 284. The van der Waals surface area contributed by atoms with Crippen LogP contribution in [0.4, 0.5) is 0 Å². The van der Waals surface area contributed by atoms with Gasteiger partial charge in [-0.05, 0) is 32.7 Å². The van der Waals surface area contributed by atoms with Crippen LogP contribution in [0.25, 0.3) is 0 Å². The lowest BCUT2D eigenvalue weighted by Gasteiger charge is -2.25. The molecule has 0 aromatic heterocycles. The van der Waals surface area contributed by atoms with Gasteiger partial charge in [0.1, 0.15) is 0 Å². The second kappa shape index (κ2) is 6.57. The average Bonchev–Trinajstić information content (AvgIpc) is 2.27.